The van der Waals surface area contributed by atoms with Crippen molar-refractivity contribution in [2.45, 2.75) is 37.1 Å². The van der Waals surface area contributed by atoms with Gasteiger partial charge in [0, 0.05) is 0 Å². The van der Waals surface area contributed by atoms with Crippen molar-refractivity contribution in [3.63, 3.8) is 0 Å². The SMILES string of the molecule is O=C(C[C@H](O)c1ccc(F)cc1)NC1(c2cccc(C(F)(F)F)c2)CC1. The molecule has 0 bridgehead atoms. The molecule has 138 valence electrons. The summed E-state index contributed by atoms with van der Waals surface area (Å²) in [4.78, 5) is 12.2. The highest BCUT2D eigenvalue weighted by molar-refractivity contribution is 5.78. The van der Waals surface area contributed by atoms with E-state index in [0.29, 0.717) is 24.0 Å². The summed E-state index contributed by atoms with van der Waals surface area (Å²) < 4.78 is 51.5. The predicted octanol–water partition coefficient (Wildman–Crippen LogP) is 4.07. The lowest BCUT2D eigenvalue weighted by Gasteiger charge is -2.20. The van der Waals surface area contributed by atoms with Crippen molar-refractivity contribution in [2.24, 2.45) is 0 Å². The van der Waals surface area contributed by atoms with Gasteiger partial charge in [0.05, 0.1) is 23.6 Å². The Labute approximate surface area is 147 Å². The van der Waals surface area contributed by atoms with Crippen LogP contribution in [0.2, 0.25) is 0 Å². The molecule has 7 heteroatoms. The minimum absolute atomic E-state index is 0.258. The molecule has 1 amide bonds. The molecule has 1 aliphatic carbocycles. The summed E-state index contributed by atoms with van der Waals surface area (Å²) in [6.07, 6.45) is -4.76. The molecule has 2 aromatic carbocycles. The molecule has 2 aromatic rings. The molecule has 3 nitrogen and oxygen atoms in total. The molecule has 1 saturated carbocycles. The van der Waals surface area contributed by atoms with Gasteiger partial charge in [0.2, 0.25) is 5.91 Å². The number of nitrogens with one attached hydrogen (secondary N) is 1. The molecule has 2 N–H and O–H groups in total. The number of benzene rings is 2. The molecule has 26 heavy (non-hydrogen) atoms. The summed E-state index contributed by atoms with van der Waals surface area (Å²) in [5, 5.41) is 12.8. The molecule has 0 unspecified atom stereocenters. The van der Waals surface area contributed by atoms with E-state index in [1.165, 1.54) is 30.3 Å². The maximum absolute atomic E-state index is 12.9. The first-order valence-corrected chi connectivity index (χ1v) is 8.12. The van der Waals surface area contributed by atoms with E-state index in [9.17, 15) is 27.5 Å². The van der Waals surface area contributed by atoms with E-state index >= 15 is 0 Å². The van der Waals surface area contributed by atoms with E-state index in [-0.39, 0.29) is 6.42 Å². The van der Waals surface area contributed by atoms with Crippen molar-refractivity contribution in [1.29, 1.82) is 0 Å². The summed E-state index contributed by atoms with van der Waals surface area (Å²) in [7, 11) is 0. The van der Waals surface area contributed by atoms with Gasteiger partial charge in [0.15, 0.2) is 0 Å². The molecule has 1 atom stereocenters. The first kappa shape index (κ1) is 18.4. The fourth-order valence-corrected chi connectivity index (χ4v) is 2.90. The van der Waals surface area contributed by atoms with Crippen molar-refractivity contribution in [3.05, 3.63) is 71.0 Å². The van der Waals surface area contributed by atoms with E-state index in [4.69, 9.17) is 0 Å². The standard InChI is InChI=1S/C19H17F4NO2/c20-15-6-4-12(5-7-15)16(25)11-17(26)24-18(8-9-18)13-2-1-3-14(10-13)19(21,22)23/h1-7,10,16,25H,8-9,11H2,(H,24,26)/t16-/m0/s1. The first-order chi connectivity index (χ1) is 12.2. The molecule has 3 rings (SSSR count). The number of hydrogen-bond acceptors (Lipinski definition) is 2. The number of carbonyl (C=O) groups excluding carboxylic acids is 1. The number of hydrogen-bond donors (Lipinski definition) is 2. The zero-order valence-corrected chi connectivity index (χ0v) is 13.7. The maximum Gasteiger partial charge on any atom is 0.416 e. The number of halogens is 4. The molecule has 0 aliphatic heterocycles. The van der Waals surface area contributed by atoms with Crippen LogP contribution in [-0.4, -0.2) is 11.0 Å². The van der Waals surface area contributed by atoms with E-state index in [1.54, 1.807) is 6.07 Å². The zero-order chi connectivity index (χ0) is 18.9. The molecular weight excluding hydrogens is 350 g/mol. The highest BCUT2D eigenvalue weighted by atomic mass is 19.4. The van der Waals surface area contributed by atoms with Crippen LogP contribution < -0.4 is 5.32 Å². The van der Waals surface area contributed by atoms with Gasteiger partial charge in [-0.05, 0) is 48.2 Å². The second-order valence-electron chi connectivity index (χ2n) is 6.48. The minimum Gasteiger partial charge on any atom is -0.388 e. The van der Waals surface area contributed by atoms with Crippen LogP contribution in [0.4, 0.5) is 17.6 Å². The van der Waals surface area contributed by atoms with Crippen LogP contribution in [0.1, 0.15) is 42.1 Å². The average Bonchev–Trinajstić information content (AvgIpc) is 3.35. The van der Waals surface area contributed by atoms with Crippen LogP contribution in [0.3, 0.4) is 0 Å². The van der Waals surface area contributed by atoms with Gasteiger partial charge in [0.25, 0.3) is 0 Å². The van der Waals surface area contributed by atoms with E-state index < -0.39 is 35.1 Å². The Balaban J connectivity index is 1.68. The number of carbonyl (C=O) groups is 1. The van der Waals surface area contributed by atoms with E-state index in [1.807, 2.05) is 0 Å². The van der Waals surface area contributed by atoms with Gasteiger partial charge in [-0.25, -0.2) is 4.39 Å². The van der Waals surface area contributed by atoms with Gasteiger partial charge in [-0.15, -0.1) is 0 Å². The maximum atomic E-state index is 12.9. The second kappa shape index (κ2) is 6.72. The Kier molecular flexibility index (Phi) is 4.75. The van der Waals surface area contributed by atoms with Crippen LogP contribution in [0.15, 0.2) is 48.5 Å². The Bertz CT molecular complexity index is 798. The second-order valence-corrected chi connectivity index (χ2v) is 6.48. The lowest BCUT2D eigenvalue weighted by molar-refractivity contribution is -0.137. The highest BCUT2D eigenvalue weighted by Gasteiger charge is 2.46. The number of aliphatic hydroxyl groups is 1. The predicted molar refractivity (Wildman–Crippen MR) is 86.5 cm³/mol. The van der Waals surface area contributed by atoms with Gasteiger partial charge in [-0.3, -0.25) is 4.79 Å². The Morgan fingerprint density at radius 3 is 2.38 bits per heavy atom. The Morgan fingerprint density at radius 2 is 1.81 bits per heavy atom. The average molecular weight is 367 g/mol. The fourth-order valence-electron chi connectivity index (χ4n) is 2.90. The number of aliphatic hydroxyl groups excluding tert-OH is 1. The number of amides is 1. The number of rotatable bonds is 5. The summed E-state index contributed by atoms with van der Waals surface area (Å²) >= 11 is 0. The molecule has 0 saturated heterocycles. The lowest BCUT2D eigenvalue weighted by atomic mass is 10.0. The largest absolute Gasteiger partial charge is 0.416 e. The fraction of sp³-hybridized carbons (Fsp3) is 0.316. The quantitative estimate of drug-likeness (QED) is 0.783. The van der Waals surface area contributed by atoms with Crippen molar-refractivity contribution in [1.82, 2.24) is 5.32 Å². The van der Waals surface area contributed by atoms with Gasteiger partial charge in [0.1, 0.15) is 5.82 Å². The van der Waals surface area contributed by atoms with Crippen LogP contribution in [0.25, 0.3) is 0 Å². The smallest absolute Gasteiger partial charge is 0.388 e. The van der Waals surface area contributed by atoms with E-state index in [0.717, 1.165) is 12.1 Å². The summed E-state index contributed by atoms with van der Waals surface area (Å²) in [5.74, 6) is -0.927. The molecule has 0 radical (unpaired) electrons. The van der Waals surface area contributed by atoms with Crippen molar-refractivity contribution in [2.75, 3.05) is 0 Å². The van der Waals surface area contributed by atoms with E-state index in [2.05, 4.69) is 5.32 Å². The van der Waals surface area contributed by atoms with Crippen molar-refractivity contribution < 1.29 is 27.5 Å². The molecule has 0 spiro atoms. The third-order valence-corrected chi connectivity index (χ3v) is 4.50. The topological polar surface area (TPSA) is 49.3 Å². The van der Waals surface area contributed by atoms with Crippen molar-refractivity contribution in [3.8, 4) is 0 Å². The summed E-state index contributed by atoms with van der Waals surface area (Å²) in [5.41, 5.74) is -0.787. The van der Waals surface area contributed by atoms with Gasteiger partial charge >= 0.3 is 6.18 Å². The molecular formula is C19H17F4NO2. The monoisotopic (exact) mass is 367 g/mol. The lowest BCUT2D eigenvalue weighted by Crippen LogP contribution is -2.35. The first-order valence-electron chi connectivity index (χ1n) is 8.12. The molecule has 0 aromatic heterocycles. The van der Waals surface area contributed by atoms with Gasteiger partial charge < -0.3 is 10.4 Å². The minimum atomic E-state index is -4.45. The van der Waals surface area contributed by atoms with Crippen LogP contribution >= 0.6 is 0 Å². The summed E-state index contributed by atoms with van der Waals surface area (Å²) in [6.45, 7) is 0. The third kappa shape index (κ3) is 4.04. The van der Waals surface area contributed by atoms with Crippen LogP contribution in [-0.2, 0) is 16.5 Å². The number of alkyl halides is 3. The Hall–Kier alpha value is -2.41. The third-order valence-electron chi connectivity index (χ3n) is 4.50. The van der Waals surface area contributed by atoms with Crippen LogP contribution in [0, 0.1) is 5.82 Å². The highest BCUT2D eigenvalue weighted by Crippen LogP contribution is 2.46. The summed E-state index contributed by atoms with van der Waals surface area (Å²) in [6, 6.07) is 10.0. The van der Waals surface area contributed by atoms with Crippen LogP contribution in [0.5, 0.6) is 0 Å². The Morgan fingerprint density at radius 1 is 1.15 bits per heavy atom. The normalized spacial score (nSPS) is 16.8. The molecule has 1 aliphatic rings. The zero-order valence-electron chi connectivity index (χ0n) is 13.7. The van der Waals surface area contributed by atoms with Crippen molar-refractivity contribution >= 4 is 5.91 Å². The molecule has 0 heterocycles. The molecule has 1 fully saturated rings. The van der Waals surface area contributed by atoms with Gasteiger partial charge in [-0.2, -0.15) is 13.2 Å². The van der Waals surface area contributed by atoms with Gasteiger partial charge in [-0.1, -0.05) is 24.3 Å².